The number of ketones is 1. The highest BCUT2D eigenvalue weighted by Crippen LogP contribution is 2.42. The maximum atomic E-state index is 13.5. The van der Waals surface area contributed by atoms with Gasteiger partial charge in [-0.25, -0.2) is 0 Å². The third-order valence-corrected chi connectivity index (χ3v) is 6.95. The zero-order valence-electron chi connectivity index (χ0n) is 23.7. The van der Waals surface area contributed by atoms with Crippen molar-refractivity contribution in [2.45, 2.75) is 32.2 Å². The lowest BCUT2D eigenvalue weighted by atomic mass is 9.85. The van der Waals surface area contributed by atoms with E-state index in [4.69, 9.17) is 18.9 Å². The number of likely N-dealkylation sites (tertiary alicyclic amines) is 1. The molecule has 1 unspecified atom stereocenters. The fourth-order valence-corrected chi connectivity index (χ4v) is 4.68. The molecule has 0 saturated carbocycles. The van der Waals surface area contributed by atoms with Gasteiger partial charge in [0.1, 0.15) is 35.4 Å². The van der Waals surface area contributed by atoms with Crippen LogP contribution in [0.1, 0.15) is 43.5 Å². The van der Waals surface area contributed by atoms with E-state index in [9.17, 15) is 14.7 Å². The summed E-state index contributed by atoms with van der Waals surface area (Å²) in [6.07, 6.45) is 0. The Bertz CT molecular complexity index is 1400. The quantitative estimate of drug-likeness (QED) is 0.215. The first-order valence-corrected chi connectivity index (χ1v) is 13.0. The van der Waals surface area contributed by atoms with Crippen molar-refractivity contribution in [3.63, 3.8) is 0 Å². The van der Waals surface area contributed by atoms with Crippen LogP contribution in [0.2, 0.25) is 0 Å². The molecule has 1 heterocycles. The highest BCUT2D eigenvalue weighted by atomic mass is 16.5. The Morgan fingerprint density at radius 1 is 0.825 bits per heavy atom. The molecule has 8 nitrogen and oxygen atoms in total. The zero-order chi connectivity index (χ0) is 29.0. The van der Waals surface area contributed by atoms with Crippen LogP contribution < -0.4 is 18.9 Å². The van der Waals surface area contributed by atoms with Crippen LogP contribution in [0.25, 0.3) is 5.76 Å². The van der Waals surface area contributed by atoms with Crippen LogP contribution in [-0.4, -0.2) is 56.2 Å². The average molecular weight is 546 g/mol. The number of hydrogen-bond acceptors (Lipinski definition) is 7. The average Bonchev–Trinajstić information content (AvgIpc) is 3.21. The van der Waals surface area contributed by atoms with Crippen molar-refractivity contribution in [2.75, 3.05) is 34.5 Å². The van der Waals surface area contributed by atoms with Gasteiger partial charge in [-0.3, -0.25) is 9.59 Å². The Morgan fingerprint density at radius 3 is 1.95 bits per heavy atom. The number of hydrogen-bond donors (Lipinski definition) is 1. The molecule has 0 aromatic heterocycles. The smallest absolute Gasteiger partial charge is 0.295 e. The van der Waals surface area contributed by atoms with Crippen LogP contribution >= 0.6 is 0 Å². The predicted molar refractivity (Wildman–Crippen MR) is 152 cm³/mol. The van der Waals surface area contributed by atoms with E-state index in [2.05, 4.69) is 20.8 Å². The number of aliphatic hydroxyl groups excluding tert-OH is 1. The molecule has 1 atom stereocenters. The SMILES string of the molecule is COc1ccc(OCCN2C(=O)C(=O)/C(=C(/O)c3cc(C(C)(C)C)ccc3OC)C2c2ccc(OC)cc2)cc1. The second kappa shape index (κ2) is 11.7. The summed E-state index contributed by atoms with van der Waals surface area (Å²) >= 11 is 0. The molecule has 210 valence electrons. The van der Waals surface area contributed by atoms with Gasteiger partial charge < -0.3 is 29.0 Å². The van der Waals surface area contributed by atoms with Gasteiger partial charge in [-0.2, -0.15) is 0 Å². The van der Waals surface area contributed by atoms with E-state index in [0.29, 0.717) is 34.1 Å². The van der Waals surface area contributed by atoms with Crippen LogP contribution in [0.3, 0.4) is 0 Å². The Labute approximate surface area is 234 Å². The number of carbonyl (C=O) groups is 2. The molecular weight excluding hydrogens is 510 g/mol. The van der Waals surface area contributed by atoms with Gasteiger partial charge in [-0.1, -0.05) is 39.0 Å². The standard InChI is InChI=1S/C32H35NO7/c1-32(2,3)21-9-16-26(39-6)25(19-21)29(34)27-28(20-7-10-22(37-4)11-8-20)33(31(36)30(27)35)17-18-40-24-14-12-23(38-5)13-15-24/h7-16,19,28,34H,17-18H2,1-6H3/b29-27+. The van der Waals surface area contributed by atoms with E-state index in [1.54, 1.807) is 74.9 Å². The Morgan fingerprint density at radius 2 is 1.40 bits per heavy atom. The molecule has 1 aliphatic heterocycles. The highest BCUT2D eigenvalue weighted by Gasteiger charge is 2.46. The van der Waals surface area contributed by atoms with Gasteiger partial charge >= 0.3 is 0 Å². The van der Waals surface area contributed by atoms with Crippen molar-refractivity contribution in [3.8, 4) is 23.0 Å². The van der Waals surface area contributed by atoms with Crippen molar-refractivity contribution in [2.24, 2.45) is 0 Å². The van der Waals surface area contributed by atoms with Crippen molar-refractivity contribution in [1.29, 1.82) is 0 Å². The maximum absolute atomic E-state index is 13.5. The first-order chi connectivity index (χ1) is 19.1. The fourth-order valence-electron chi connectivity index (χ4n) is 4.68. The van der Waals surface area contributed by atoms with E-state index in [-0.39, 0.29) is 29.9 Å². The number of methoxy groups -OCH3 is 3. The van der Waals surface area contributed by atoms with Crippen molar-refractivity contribution in [1.82, 2.24) is 4.90 Å². The Kier molecular flexibility index (Phi) is 8.38. The minimum absolute atomic E-state index is 0.0102. The number of ether oxygens (including phenoxy) is 4. The molecule has 1 saturated heterocycles. The first kappa shape index (κ1) is 28.5. The lowest BCUT2D eigenvalue weighted by Crippen LogP contribution is -2.33. The molecular formula is C32H35NO7. The van der Waals surface area contributed by atoms with Crippen molar-refractivity contribution >= 4 is 17.4 Å². The highest BCUT2D eigenvalue weighted by molar-refractivity contribution is 6.46. The van der Waals surface area contributed by atoms with E-state index in [1.165, 1.54) is 12.0 Å². The number of carbonyl (C=O) groups excluding carboxylic acids is 2. The number of amides is 1. The summed E-state index contributed by atoms with van der Waals surface area (Å²) in [5, 5.41) is 11.6. The van der Waals surface area contributed by atoms with Gasteiger partial charge in [0, 0.05) is 0 Å². The van der Waals surface area contributed by atoms with E-state index in [1.807, 2.05) is 6.07 Å². The summed E-state index contributed by atoms with van der Waals surface area (Å²) < 4.78 is 21.9. The summed E-state index contributed by atoms with van der Waals surface area (Å²) in [6.45, 7) is 6.41. The van der Waals surface area contributed by atoms with Crippen molar-refractivity contribution in [3.05, 3.63) is 89.0 Å². The monoisotopic (exact) mass is 545 g/mol. The van der Waals surface area contributed by atoms with E-state index in [0.717, 1.165) is 5.56 Å². The van der Waals surface area contributed by atoms with Gasteiger partial charge in [-0.05, 0) is 65.1 Å². The summed E-state index contributed by atoms with van der Waals surface area (Å²) in [4.78, 5) is 28.3. The lowest BCUT2D eigenvalue weighted by molar-refractivity contribution is -0.140. The molecule has 3 aromatic carbocycles. The molecule has 4 rings (SSSR count). The molecule has 1 amide bonds. The Hall–Kier alpha value is -4.46. The normalized spacial score (nSPS) is 16.6. The fraction of sp³-hybridized carbons (Fsp3) is 0.312. The van der Waals surface area contributed by atoms with Gasteiger partial charge in [0.05, 0.1) is 45.1 Å². The molecule has 3 aromatic rings. The molecule has 0 spiro atoms. The number of aliphatic hydroxyl groups is 1. The summed E-state index contributed by atoms with van der Waals surface area (Å²) in [7, 11) is 4.64. The van der Waals surface area contributed by atoms with Crippen LogP contribution in [0, 0.1) is 0 Å². The topological polar surface area (TPSA) is 94.5 Å². The minimum atomic E-state index is -0.839. The maximum Gasteiger partial charge on any atom is 0.295 e. The molecule has 8 heteroatoms. The second-order valence-corrected chi connectivity index (χ2v) is 10.5. The Balaban J connectivity index is 1.76. The predicted octanol–water partition coefficient (Wildman–Crippen LogP) is 5.51. The molecule has 0 radical (unpaired) electrons. The third kappa shape index (κ3) is 5.76. The van der Waals surface area contributed by atoms with Crippen LogP contribution in [0.15, 0.2) is 72.3 Å². The summed E-state index contributed by atoms with van der Waals surface area (Å²) in [5.41, 5.74) is 1.71. The van der Waals surface area contributed by atoms with Crippen LogP contribution in [-0.2, 0) is 15.0 Å². The van der Waals surface area contributed by atoms with Gasteiger partial charge in [0.25, 0.3) is 11.7 Å². The minimum Gasteiger partial charge on any atom is -0.507 e. The van der Waals surface area contributed by atoms with Gasteiger partial charge in [0.15, 0.2) is 0 Å². The number of Topliss-reactive ketones (excluding diaryl/α,β-unsaturated/α-hetero) is 1. The van der Waals surface area contributed by atoms with Gasteiger partial charge in [-0.15, -0.1) is 0 Å². The zero-order valence-corrected chi connectivity index (χ0v) is 23.7. The largest absolute Gasteiger partial charge is 0.507 e. The van der Waals surface area contributed by atoms with E-state index < -0.39 is 17.7 Å². The molecule has 1 aliphatic rings. The summed E-state index contributed by atoms with van der Waals surface area (Å²) in [6, 6.07) is 18.8. The molecule has 0 aliphatic carbocycles. The van der Waals surface area contributed by atoms with Gasteiger partial charge in [0.2, 0.25) is 0 Å². The summed E-state index contributed by atoms with van der Waals surface area (Å²) in [5.74, 6) is 0.542. The van der Waals surface area contributed by atoms with E-state index >= 15 is 0 Å². The third-order valence-electron chi connectivity index (χ3n) is 6.95. The van der Waals surface area contributed by atoms with Crippen molar-refractivity contribution < 1.29 is 33.6 Å². The molecule has 0 bridgehead atoms. The number of benzene rings is 3. The number of nitrogens with zero attached hydrogens (tertiary/aromatic N) is 1. The molecule has 1 N–H and O–H groups in total. The second-order valence-electron chi connectivity index (χ2n) is 10.5. The first-order valence-electron chi connectivity index (χ1n) is 13.0. The molecule has 40 heavy (non-hydrogen) atoms. The number of rotatable bonds is 9. The van der Waals surface area contributed by atoms with Crippen LogP contribution in [0.5, 0.6) is 23.0 Å². The lowest BCUT2D eigenvalue weighted by Gasteiger charge is -2.26. The molecule has 1 fully saturated rings. The van der Waals surface area contributed by atoms with Crippen LogP contribution in [0.4, 0.5) is 0 Å².